The number of ketones is 2. The van der Waals surface area contributed by atoms with Gasteiger partial charge in [-0.2, -0.15) is 0 Å². The number of hydrogen-bond acceptors (Lipinski definition) is 5. The molecule has 4 aliphatic carbocycles. The first-order valence-corrected chi connectivity index (χ1v) is 9.72. The van der Waals surface area contributed by atoms with Gasteiger partial charge < -0.3 is 15.3 Å². The molecule has 6 heteroatoms. The monoisotopic (exact) mass is 378 g/mol. The van der Waals surface area contributed by atoms with Gasteiger partial charge in [-0.15, -0.1) is 0 Å². The molecule has 0 aromatic rings. The van der Waals surface area contributed by atoms with Gasteiger partial charge in [0.1, 0.15) is 18.4 Å². The van der Waals surface area contributed by atoms with Crippen molar-refractivity contribution in [1.82, 2.24) is 0 Å². The van der Waals surface area contributed by atoms with Gasteiger partial charge in [-0.05, 0) is 55.2 Å². The van der Waals surface area contributed by atoms with Crippen LogP contribution in [0, 0.1) is 28.6 Å². The van der Waals surface area contributed by atoms with Crippen LogP contribution < -0.4 is 0 Å². The highest BCUT2D eigenvalue weighted by Crippen LogP contribution is 2.67. The molecular weight excluding hydrogens is 351 g/mol. The summed E-state index contributed by atoms with van der Waals surface area (Å²) in [4.78, 5) is 24.1. The van der Waals surface area contributed by atoms with Gasteiger partial charge >= 0.3 is 0 Å². The smallest absolute Gasteiger partial charge is 0.190 e. The zero-order chi connectivity index (χ0) is 19.8. The molecule has 8 atom stereocenters. The molecule has 3 N–H and O–H groups in total. The molecule has 0 amide bonds. The van der Waals surface area contributed by atoms with Crippen LogP contribution in [0.4, 0.5) is 4.39 Å². The Balaban J connectivity index is 1.78. The molecule has 0 bridgehead atoms. The summed E-state index contributed by atoms with van der Waals surface area (Å²) in [5.41, 5.74) is -2.92. The van der Waals surface area contributed by atoms with Gasteiger partial charge in [0.25, 0.3) is 0 Å². The molecule has 0 aliphatic heterocycles. The molecule has 0 spiro atoms. The second-order valence-corrected chi connectivity index (χ2v) is 9.29. The molecule has 0 heterocycles. The van der Waals surface area contributed by atoms with E-state index in [-0.39, 0.29) is 42.8 Å². The van der Waals surface area contributed by atoms with Gasteiger partial charge in [0, 0.05) is 16.7 Å². The normalized spacial score (nSPS) is 51.3. The number of rotatable bonds is 2. The van der Waals surface area contributed by atoms with E-state index >= 15 is 4.39 Å². The van der Waals surface area contributed by atoms with Crippen molar-refractivity contribution < 1.29 is 29.3 Å². The van der Waals surface area contributed by atoms with E-state index in [1.165, 1.54) is 12.2 Å². The number of allylic oxidation sites excluding steroid dienone is 4. The van der Waals surface area contributed by atoms with E-state index in [2.05, 4.69) is 0 Å². The Hall–Kier alpha value is -1.37. The topological polar surface area (TPSA) is 94.8 Å². The predicted molar refractivity (Wildman–Crippen MR) is 95.3 cm³/mol. The van der Waals surface area contributed by atoms with Gasteiger partial charge in [0.15, 0.2) is 11.6 Å². The Morgan fingerprint density at radius 3 is 2.74 bits per heavy atom. The Labute approximate surface area is 158 Å². The first-order valence-electron chi connectivity index (χ1n) is 9.72. The maximum atomic E-state index is 15.1. The molecule has 27 heavy (non-hydrogen) atoms. The molecule has 0 aromatic carbocycles. The van der Waals surface area contributed by atoms with Crippen molar-refractivity contribution in [3.8, 4) is 0 Å². The van der Waals surface area contributed by atoms with Gasteiger partial charge in [0.05, 0.1) is 6.10 Å². The SMILES string of the molecule is C[C@]12C=CC(=O)C=C1C(F)C[C@@H]1[C@@H]2[C@@H](O)C[C@@]2(C)[C@H]1CC[C@]2(O)C(=O)CO. The van der Waals surface area contributed by atoms with Gasteiger partial charge in [-0.3, -0.25) is 9.59 Å². The number of aliphatic hydroxyl groups is 3. The van der Waals surface area contributed by atoms with Crippen molar-refractivity contribution in [3.05, 3.63) is 23.8 Å². The summed E-state index contributed by atoms with van der Waals surface area (Å²) in [7, 11) is 0. The Kier molecular flexibility index (Phi) is 4.09. The fourth-order valence-corrected chi connectivity index (χ4v) is 6.93. The van der Waals surface area contributed by atoms with Crippen molar-refractivity contribution in [1.29, 1.82) is 0 Å². The first kappa shape index (κ1) is 19.0. The zero-order valence-corrected chi connectivity index (χ0v) is 15.7. The predicted octanol–water partition coefficient (Wildman–Crippen LogP) is 1.51. The van der Waals surface area contributed by atoms with E-state index in [1.54, 1.807) is 13.0 Å². The third-order valence-electron chi connectivity index (χ3n) is 8.23. The summed E-state index contributed by atoms with van der Waals surface area (Å²) in [6, 6.07) is 0. The van der Waals surface area contributed by atoms with Crippen molar-refractivity contribution in [2.24, 2.45) is 28.6 Å². The third kappa shape index (κ3) is 2.26. The summed E-state index contributed by atoms with van der Waals surface area (Å²) in [5.74, 6) is -1.48. The van der Waals surface area contributed by atoms with Crippen LogP contribution >= 0.6 is 0 Å². The Morgan fingerprint density at radius 1 is 1.37 bits per heavy atom. The molecule has 0 aromatic heterocycles. The van der Waals surface area contributed by atoms with Crippen LogP contribution in [-0.2, 0) is 9.59 Å². The lowest BCUT2D eigenvalue weighted by Gasteiger charge is -2.60. The lowest BCUT2D eigenvalue weighted by molar-refractivity contribution is -0.180. The summed E-state index contributed by atoms with van der Waals surface area (Å²) in [6.07, 6.45) is 3.55. The van der Waals surface area contributed by atoms with Crippen molar-refractivity contribution in [2.75, 3.05) is 6.61 Å². The second-order valence-electron chi connectivity index (χ2n) is 9.29. The van der Waals surface area contributed by atoms with Gasteiger partial charge in [-0.1, -0.05) is 19.9 Å². The van der Waals surface area contributed by atoms with E-state index in [9.17, 15) is 24.9 Å². The average molecular weight is 378 g/mol. The van der Waals surface area contributed by atoms with Crippen LogP contribution in [0.3, 0.4) is 0 Å². The van der Waals surface area contributed by atoms with Crippen LogP contribution in [0.5, 0.6) is 0 Å². The molecule has 4 aliphatic rings. The molecule has 0 radical (unpaired) electrons. The minimum Gasteiger partial charge on any atom is -0.393 e. The van der Waals surface area contributed by atoms with E-state index < -0.39 is 41.1 Å². The Morgan fingerprint density at radius 2 is 2.07 bits per heavy atom. The molecule has 3 fully saturated rings. The van der Waals surface area contributed by atoms with Crippen molar-refractivity contribution >= 4 is 11.6 Å². The standard InChI is InChI=1S/C21H27FO5/c1-19-5-3-11(24)7-14(19)15(22)8-12-13-4-6-21(27,17(26)10-23)20(13,2)9-16(25)18(12)19/h3,5,7,12-13,15-16,18,23,25,27H,4,6,8-10H2,1-2H3/t12-,13-,15?,16-,18+,19-,20-,21-/m0/s1. The number of Topliss-reactive ketones (excluding diaryl/α,β-unsaturated/α-hetero) is 1. The summed E-state index contributed by atoms with van der Waals surface area (Å²) in [5, 5.41) is 31.6. The largest absolute Gasteiger partial charge is 0.393 e. The quantitative estimate of drug-likeness (QED) is 0.677. The number of carbonyl (C=O) groups is 2. The van der Waals surface area contributed by atoms with Crippen molar-refractivity contribution in [3.63, 3.8) is 0 Å². The van der Waals surface area contributed by atoms with Gasteiger partial charge in [0.2, 0.25) is 0 Å². The summed E-state index contributed by atoms with van der Waals surface area (Å²) >= 11 is 0. The molecular formula is C21H27FO5. The highest BCUT2D eigenvalue weighted by Gasteiger charge is 2.68. The summed E-state index contributed by atoms with van der Waals surface area (Å²) < 4.78 is 15.1. The number of fused-ring (bicyclic) bond motifs is 5. The Bertz CT molecular complexity index is 760. The molecule has 1 unspecified atom stereocenters. The van der Waals surface area contributed by atoms with E-state index in [1.807, 2.05) is 6.92 Å². The lowest BCUT2D eigenvalue weighted by atomic mass is 9.46. The highest BCUT2D eigenvalue weighted by atomic mass is 19.1. The fourth-order valence-electron chi connectivity index (χ4n) is 6.93. The number of aliphatic hydroxyl groups excluding tert-OH is 2. The fraction of sp³-hybridized carbons (Fsp3) is 0.714. The van der Waals surface area contributed by atoms with E-state index in [0.717, 1.165) is 0 Å². The number of halogens is 1. The summed E-state index contributed by atoms with van der Waals surface area (Å²) in [6.45, 7) is 2.92. The second kappa shape index (κ2) is 5.82. The van der Waals surface area contributed by atoms with Crippen LogP contribution in [0.2, 0.25) is 0 Å². The molecule has 148 valence electrons. The van der Waals surface area contributed by atoms with Crippen LogP contribution in [0.1, 0.15) is 39.5 Å². The first-order chi connectivity index (χ1) is 12.6. The number of hydrogen-bond donors (Lipinski definition) is 3. The average Bonchev–Trinajstić information content (AvgIpc) is 2.87. The van der Waals surface area contributed by atoms with E-state index in [0.29, 0.717) is 12.0 Å². The highest BCUT2D eigenvalue weighted by molar-refractivity contribution is 6.01. The lowest BCUT2D eigenvalue weighted by Crippen LogP contribution is -2.62. The molecule has 0 saturated heterocycles. The van der Waals surface area contributed by atoms with Crippen LogP contribution in [-0.4, -0.2) is 51.4 Å². The van der Waals surface area contributed by atoms with E-state index in [4.69, 9.17) is 0 Å². The van der Waals surface area contributed by atoms with Crippen molar-refractivity contribution in [2.45, 2.75) is 57.4 Å². The maximum absolute atomic E-state index is 15.1. The number of alkyl halides is 1. The zero-order valence-electron chi connectivity index (χ0n) is 15.7. The molecule has 3 saturated carbocycles. The van der Waals surface area contributed by atoms with Crippen LogP contribution in [0.25, 0.3) is 0 Å². The third-order valence-corrected chi connectivity index (χ3v) is 8.23. The van der Waals surface area contributed by atoms with Gasteiger partial charge in [-0.25, -0.2) is 4.39 Å². The number of carbonyl (C=O) groups excluding carboxylic acids is 2. The molecule has 4 rings (SSSR count). The minimum absolute atomic E-state index is 0.131. The minimum atomic E-state index is -1.69. The molecule has 5 nitrogen and oxygen atoms in total. The van der Waals surface area contributed by atoms with Crippen LogP contribution in [0.15, 0.2) is 23.8 Å². The maximum Gasteiger partial charge on any atom is 0.190 e.